The maximum absolute atomic E-state index is 12.9. The maximum Gasteiger partial charge on any atom is 0.586 e. The Kier molecular flexibility index (Phi) is 4.87. The lowest BCUT2D eigenvalue weighted by Gasteiger charge is -2.13. The standard InChI is InChI=1S/C17H20F2N2O3/c18-17(19)23-14-7-6-13(10-15(14)24-17)21-11-16(22)20-9-8-12-4-2-1-3-5-12/h4,6-7,10,21H,1-3,5,8-9,11H2,(H,20,22). The van der Waals surface area contributed by atoms with E-state index in [0.29, 0.717) is 12.2 Å². The smallest absolute Gasteiger partial charge is 0.395 e. The van der Waals surface area contributed by atoms with Gasteiger partial charge in [0.05, 0.1) is 6.54 Å². The Morgan fingerprint density at radius 3 is 2.83 bits per heavy atom. The lowest BCUT2D eigenvalue weighted by atomic mass is 9.97. The number of amides is 1. The van der Waals surface area contributed by atoms with E-state index in [-0.39, 0.29) is 24.0 Å². The molecule has 2 aliphatic rings. The number of halogens is 2. The Morgan fingerprint density at radius 1 is 1.21 bits per heavy atom. The van der Waals surface area contributed by atoms with E-state index in [1.807, 2.05) is 0 Å². The van der Waals surface area contributed by atoms with Gasteiger partial charge in [-0.3, -0.25) is 4.79 Å². The van der Waals surface area contributed by atoms with Crippen LogP contribution < -0.4 is 20.1 Å². The Hall–Kier alpha value is -2.31. The van der Waals surface area contributed by atoms with E-state index < -0.39 is 6.29 Å². The fraction of sp³-hybridized carbons (Fsp3) is 0.471. The van der Waals surface area contributed by atoms with Gasteiger partial charge >= 0.3 is 6.29 Å². The van der Waals surface area contributed by atoms with Crippen LogP contribution in [0.3, 0.4) is 0 Å². The molecular formula is C17H20F2N2O3. The molecule has 1 aromatic rings. The summed E-state index contributed by atoms with van der Waals surface area (Å²) in [6, 6.07) is 4.33. The highest BCUT2D eigenvalue weighted by Gasteiger charge is 2.43. The third-order valence-electron chi connectivity index (χ3n) is 4.01. The number of benzene rings is 1. The number of alkyl halides is 2. The molecule has 0 radical (unpaired) electrons. The Morgan fingerprint density at radius 2 is 2.04 bits per heavy atom. The summed E-state index contributed by atoms with van der Waals surface area (Å²) in [4.78, 5) is 11.8. The van der Waals surface area contributed by atoms with E-state index in [1.54, 1.807) is 6.07 Å². The first kappa shape index (κ1) is 16.5. The second kappa shape index (κ2) is 7.07. The van der Waals surface area contributed by atoms with Crippen LogP contribution in [0.25, 0.3) is 0 Å². The first-order valence-corrected chi connectivity index (χ1v) is 8.10. The molecule has 1 amide bonds. The zero-order valence-electron chi connectivity index (χ0n) is 13.2. The second-order valence-electron chi connectivity index (χ2n) is 5.89. The zero-order chi connectivity index (χ0) is 17.0. The number of hydrogen-bond acceptors (Lipinski definition) is 4. The molecule has 0 saturated carbocycles. The van der Waals surface area contributed by atoms with Gasteiger partial charge in [0.1, 0.15) is 0 Å². The number of nitrogens with one attached hydrogen (secondary N) is 2. The van der Waals surface area contributed by atoms with Gasteiger partial charge in [-0.25, -0.2) is 0 Å². The third kappa shape index (κ3) is 4.37. The highest BCUT2D eigenvalue weighted by atomic mass is 19.3. The topological polar surface area (TPSA) is 59.6 Å². The molecule has 1 aliphatic carbocycles. The van der Waals surface area contributed by atoms with Crippen LogP contribution in [-0.2, 0) is 4.79 Å². The fourth-order valence-corrected chi connectivity index (χ4v) is 2.80. The van der Waals surface area contributed by atoms with Crippen LogP contribution in [0.5, 0.6) is 11.5 Å². The number of allylic oxidation sites excluding steroid dienone is 1. The molecule has 5 nitrogen and oxygen atoms in total. The Labute approximate surface area is 139 Å². The summed E-state index contributed by atoms with van der Waals surface area (Å²) in [7, 11) is 0. The van der Waals surface area contributed by atoms with Crippen molar-refractivity contribution in [3.8, 4) is 11.5 Å². The highest BCUT2D eigenvalue weighted by molar-refractivity contribution is 5.80. The number of rotatable bonds is 6. The van der Waals surface area contributed by atoms with Gasteiger partial charge < -0.3 is 20.1 Å². The predicted octanol–water partition coefficient (Wildman–Crippen LogP) is 3.43. The molecule has 1 aromatic carbocycles. The number of carbonyl (C=O) groups is 1. The van der Waals surface area contributed by atoms with Crippen molar-refractivity contribution in [3.63, 3.8) is 0 Å². The summed E-state index contributed by atoms with van der Waals surface area (Å²) in [5.74, 6) is -0.209. The van der Waals surface area contributed by atoms with Crippen molar-refractivity contribution in [3.05, 3.63) is 29.8 Å². The van der Waals surface area contributed by atoms with E-state index in [2.05, 4.69) is 26.2 Å². The summed E-state index contributed by atoms with van der Waals surface area (Å²) in [5.41, 5.74) is 1.92. The molecule has 2 N–H and O–H groups in total. The lowest BCUT2D eigenvalue weighted by Crippen LogP contribution is -2.30. The molecule has 0 saturated heterocycles. The minimum Gasteiger partial charge on any atom is -0.395 e. The van der Waals surface area contributed by atoms with Gasteiger partial charge in [0, 0.05) is 18.3 Å². The summed E-state index contributed by atoms with van der Waals surface area (Å²) in [5, 5.41) is 5.73. The van der Waals surface area contributed by atoms with Crippen LogP contribution in [0.2, 0.25) is 0 Å². The summed E-state index contributed by atoms with van der Waals surface area (Å²) < 4.78 is 34.6. The molecule has 0 fully saturated rings. The van der Waals surface area contributed by atoms with Gasteiger partial charge in [0.25, 0.3) is 0 Å². The van der Waals surface area contributed by atoms with Crippen molar-refractivity contribution in [2.45, 2.75) is 38.4 Å². The molecule has 0 atom stereocenters. The third-order valence-corrected chi connectivity index (χ3v) is 4.01. The highest BCUT2D eigenvalue weighted by Crippen LogP contribution is 2.42. The molecule has 0 aromatic heterocycles. The van der Waals surface area contributed by atoms with Gasteiger partial charge in [0.2, 0.25) is 5.91 Å². The van der Waals surface area contributed by atoms with Gasteiger partial charge in [-0.2, -0.15) is 0 Å². The van der Waals surface area contributed by atoms with Crippen LogP contribution in [0.1, 0.15) is 32.1 Å². The minimum atomic E-state index is -3.63. The molecule has 24 heavy (non-hydrogen) atoms. The van der Waals surface area contributed by atoms with Gasteiger partial charge in [-0.15, -0.1) is 8.78 Å². The maximum atomic E-state index is 12.9. The molecule has 3 rings (SSSR count). The van der Waals surface area contributed by atoms with Crippen LogP contribution in [0.15, 0.2) is 29.8 Å². The fourth-order valence-electron chi connectivity index (χ4n) is 2.80. The number of fused-ring (bicyclic) bond motifs is 1. The van der Waals surface area contributed by atoms with Crippen molar-refractivity contribution >= 4 is 11.6 Å². The summed E-state index contributed by atoms with van der Waals surface area (Å²) in [6.07, 6.45) is 4.24. The normalized spacial score (nSPS) is 18.0. The Bertz CT molecular complexity index is 647. The van der Waals surface area contributed by atoms with E-state index in [0.717, 1.165) is 19.3 Å². The van der Waals surface area contributed by atoms with Gasteiger partial charge in [-0.1, -0.05) is 11.6 Å². The van der Waals surface area contributed by atoms with Crippen molar-refractivity contribution in [1.82, 2.24) is 5.32 Å². The number of anilines is 1. The molecule has 7 heteroatoms. The van der Waals surface area contributed by atoms with Crippen molar-refractivity contribution in [2.24, 2.45) is 0 Å². The average Bonchev–Trinajstić information content (AvgIpc) is 2.87. The first-order valence-electron chi connectivity index (χ1n) is 8.10. The monoisotopic (exact) mass is 338 g/mol. The Balaban J connectivity index is 1.41. The van der Waals surface area contributed by atoms with Crippen molar-refractivity contribution in [2.75, 3.05) is 18.4 Å². The van der Waals surface area contributed by atoms with E-state index in [9.17, 15) is 13.6 Å². The van der Waals surface area contributed by atoms with E-state index in [4.69, 9.17) is 0 Å². The first-order chi connectivity index (χ1) is 11.5. The number of hydrogen-bond donors (Lipinski definition) is 2. The van der Waals surface area contributed by atoms with E-state index >= 15 is 0 Å². The predicted molar refractivity (Wildman–Crippen MR) is 85.3 cm³/mol. The minimum absolute atomic E-state index is 0.0178. The van der Waals surface area contributed by atoms with Crippen LogP contribution in [0, 0.1) is 0 Å². The van der Waals surface area contributed by atoms with E-state index in [1.165, 1.54) is 30.5 Å². The number of ether oxygens (including phenoxy) is 2. The van der Waals surface area contributed by atoms with Crippen LogP contribution >= 0.6 is 0 Å². The second-order valence-corrected chi connectivity index (χ2v) is 5.89. The largest absolute Gasteiger partial charge is 0.586 e. The van der Waals surface area contributed by atoms with Gasteiger partial charge in [-0.05, 0) is 44.2 Å². The SMILES string of the molecule is O=C(CNc1ccc2c(c1)OC(F)(F)O2)NCCC1=CCCCC1. The van der Waals surface area contributed by atoms with Crippen molar-refractivity contribution in [1.29, 1.82) is 0 Å². The zero-order valence-corrected chi connectivity index (χ0v) is 13.2. The molecular weight excluding hydrogens is 318 g/mol. The molecule has 0 spiro atoms. The number of carbonyl (C=O) groups excluding carboxylic acids is 1. The van der Waals surface area contributed by atoms with Crippen LogP contribution in [0.4, 0.5) is 14.5 Å². The molecule has 0 unspecified atom stereocenters. The van der Waals surface area contributed by atoms with Gasteiger partial charge in [0.15, 0.2) is 11.5 Å². The summed E-state index contributed by atoms with van der Waals surface area (Å²) >= 11 is 0. The quantitative estimate of drug-likeness (QED) is 0.780. The molecule has 1 heterocycles. The lowest BCUT2D eigenvalue weighted by molar-refractivity contribution is -0.286. The summed E-state index contributed by atoms with van der Waals surface area (Å²) in [6.45, 7) is 0.675. The molecule has 130 valence electrons. The van der Waals surface area contributed by atoms with Crippen molar-refractivity contribution < 1.29 is 23.0 Å². The molecule has 0 bridgehead atoms. The van der Waals surface area contributed by atoms with Crippen LogP contribution in [-0.4, -0.2) is 25.3 Å². The average molecular weight is 338 g/mol. The molecule has 1 aliphatic heterocycles.